The van der Waals surface area contributed by atoms with Crippen molar-refractivity contribution in [1.29, 1.82) is 0 Å². The van der Waals surface area contributed by atoms with Crippen molar-refractivity contribution in [2.75, 3.05) is 0 Å². The Balaban J connectivity index is 2.56. The molecule has 1 heterocycles. The summed E-state index contributed by atoms with van der Waals surface area (Å²) in [5.74, 6) is -0.984. The van der Waals surface area contributed by atoms with Gasteiger partial charge in [-0.2, -0.15) is 0 Å². The number of furan rings is 1. The van der Waals surface area contributed by atoms with Gasteiger partial charge < -0.3 is 14.6 Å². The van der Waals surface area contributed by atoms with Crippen LogP contribution in [-0.2, 0) is 11.2 Å². The third kappa shape index (κ3) is 1.31. The van der Waals surface area contributed by atoms with Crippen LogP contribution in [0.3, 0.4) is 0 Å². The molecule has 0 bridgehead atoms. The van der Waals surface area contributed by atoms with Crippen LogP contribution in [-0.4, -0.2) is 16.2 Å². The number of rotatable bonds is 2. The average molecular weight is 192 g/mol. The van der Waals surface area contributed by atoms with E-state index in [0.717, 1.165) is 0 Å². The lowest BCUT2D eigenvalue weighted by molar-refractivity contribution is -0.136. The number of phenolic OH excluding ortho intramolecular Hbond substituents is 1. The second kappa shape index (κ2) is 3.06. The topological polar surface area (TPSA) is 70.7 Å². The maximum absolute atomic E-state index is 10.5. The van der Waals surface area contributed by atoms with Gasteiger partial charge in [0, 0.05) is 5.56 Å². The van der Waals surface area contributed by atoms with Crippen molar-refractivity contribution in [2.24, 2.45) is 0 Å². The maximum Gasteiger partial charge on any atom is 0.307 e. The van der Waals surface area contributed by atoms with Crippen molar-refractivity contribution in [3.8, 4) is 5.75 Å². The fraction of sp³-hybridized carbons (Fsp3) is 0.100. The molecule has 4 nitrogen and oxygen atoms in total. The van der Waals surface area contributed by atoms with Gasteiger partial charge in [-0.15, -0.1) is 0 Å². The Morgan fingerprint density at radius 2 is 2.14 bits per heavy atom. The van der Waals surface area contributed by atoms with E-state index in [2.05, 4.69) is 0 Å². The third-order valence-electron chi connectivity index (χ3n) is 2.03. The Morgan fingerprint density at radius 1 is 1.36 bits per heavy atom. The molecule has 0 unspecified atom stereocenters. The SMILES string of the molecule is O=C(O)Cc1ccc2occc2c1O. The largest absolute Gasteiger partial charge is 0.507 e. The summed E-state index contributed by atoms with van der Waals surface area (Å²) in [6, 6.07) is 4.80. The van der Waals surface area contributed by atoms with Gasteiger partial charge in [0.1, 0.15) is 11.3 Å². The highest BCUT2D eigenvalue weighted by molar-refractivity contribution is 5.86. The highest BCUT2D eigenvalue weighted by atomic mass is 16.4. The minimum atomic E-state index is -0.969. The minimum Gasteiger partial charge on any atom is -0.507 e. The van der Waals surface area contributed by atoms with Crippen molar-refractivity contribution in [3.63, 3.8) is 0 Å². The second-order valence-electron chi connectivity index (χ2n) is 2.98. The van der Waals surface area contributed by atoms with Gasteiger partial charge in [0.2, 0.25) is 0 Å². The summed E-state index contributed by atoms with van der Waals surface area (Å²) in [7, 11) is 0. The summed E-state index contributed by atoms with van der Waals surface area (Å²) in [6.45, 7) is 0. The smallest absolute Gasteiger partial charge is 0.307 e. The van der Waals surface area contributed by atoms with Crippen LogP contribution in [0.15, 0.2) is 28.9 Å². The molecule has 2 N–H and O–H groups in total. The van der Waals surface area contributed by atoms with Crippen molar-refractivity contribution in [1.82, 2.24) is 0 Å². The molecule has 0 saturated heterocycles. The molecule has 2 aromatic rings. The molecule has 0 spiro atoms. The summed E-state index contributed by atoms with van der Waals surface area (Å²) in [4.78, 5) is 10.5. The Labute approximate surface area is 79.4 Å². The number of carboxylic acids is 1. The van der Waals surface area contributed by atoms with Crippen LogP contribution < -0.4 is 0 Å². The quantitative estimate of drug-likeness (QED) is 0.760. The van der Waals surface area contributed by atoms with E-state index in [-0.39, 0.29) is 12.2 Å². The van der Waals surface area contributed by atoms with Crippen LogP contribution in [0, 0.1) is 0 Å². The van der Waals surface area contributed by atoms with Crippen molar-refractivity contribution in [2.45, 2.75) is 6.42 Å². The number of fused-ring (bicyclic) bond motifs is 1. The first-order valence-electron chi connectivity index (χ1n) is 4.08. The third-order valence-corrected chi connectivity index (χ3v) is 2.03. The molecule has 0 aliphatic heterocycles. The van der Waals surface area contributed by atoms with Gasteiger partial charge in [-0.1, -0.05) is 6.07 Å². The number of hydrogen-bond acceptors (Lipinski definition) is 3. The molecule has 0 saturated carbocycles. The molecule has 0 radical (unpaired) electrons. The van der Waals surface area contributed by atoms with Gasteiger partial charge in [-0.05, 0) is 12.1 Å². The van der Waals surface area contributed by atoms with E-state index < -0.39 is 5.97 Å². The molecule has 0 fully saturated rings. The van der Waals surface area contributed by atoms with Crippen LogP contribution in [0.25, 0.3) is 11.0 Å². The fourth-order valence-corrected chi connectivity index (χ4v) is 1.38. The highest BCUT2D eigenvalue weighted by Gasteiger charge is 2.10. The monoisotopic (exact) mass is 192 g/mol. The number of aromatic hydroxyl groups is 1. The van der Waals surface area contributed by atoms with E-state index in [1.807, 2.05) is 0 Å². The number of phenols is 1. The highest BCUT2D eigenvalue weighted by Crippen LogP contribution is 2.29. The van der Waals surface area contributed by atoms with Gasteiger partial charge in [0.15, 0.2) is 0 Å². The van der Waals surface area contributed by atoms with E-state index >= 15 is 0 Å². The molecule has 0 atom stereocenters. The van der Waals surface area contributed by atoms with Crippen molar-refractivity contribution >= 4 is 16.9 Å². The predicted octanol–water partition coefficient (Wildman–Crippen LogP) is 1.77. The van der Waals surface area contributed by atoms with Crippen LogP contribution >= 0.6 is 0 Å². The van der Waals surface area contributed by atoms with E-state index in [9.17, 15) is 9.90 Å². The average Bonchev–Trinajstić information content (AvgIpc) is 2.57. The van der Waals surface area contributed by atoms with Gasteiger partial charge in [0.25, 0.3) is 0 Å². The lowest BCUT2D eigenvalue weighted by Crippen LogP contribution is -1.99. The van der Waals surface area contributed by atoms with Crippen LogP contribution in [0.5, 0.6) is 5.75 Å². The first-order valence-corrected chi connectivity index (χ1v) is 4.08. The van der Waals surface area contributed by atoms with E-state index in [1.165, 1.54) is 6.26 Å². The molecule has 0 aliphatic rings. The van der Waals surface area contributed by atoms with Crippen molar-refractivity contribution < 1.29 is 19.4 Å². The number of carbonyl (C=O) groups is 1. The summed E-state index contributed by atoms with van der Waals surface area (Å²) in [5.41, 5.74) is 0.947. The molecule has 4 heteroatoms. The number of benzene rings is 1. The zero-order valence-corrected chi connectivity index (χ0v) is 7.23. The molecule has 14 heavy (non-hydrogen) atoms. The second-order valence-corrected chi connectivity index (χ2v) is 2.98. The zero-order chi connectivity index (χ0) is 10.1. The Kier molecular flexibility index (Phi) is 1.89. The number of carboxylic acid groups (broad SMARTS) is 1. The Bertz CT molecular complexity index is 484. The normalized spacial score (nSPS) is 10.6. The van der Waals surface area contributed by atoms with E-state index in [4.69, 9.17) is 9.52 Å². The minimum absolute atomic E-state index is 0.0151. The summed E-state index contributed by atoms with van der Waals surface area (Å²) >= 11 is 0. The summed E-state index contributed by atoms with van der Waals surface area (Å²) < 4.78 is 5.05. The fourth-order valence-electron chi connectivity index (χ4n) is 1.38. The molecule has 72 valence electrons. The lowest BCUT2D eigenvalue weighted by Gasteiger charge is -2.01. The molecular weight excluding hydrogens is 184 g/mol. The van der Waals surface area contributed by atoms with Gasteiger partial charge >= 0.3 is 5.97 Å². The molecule has 1 aromatic carbocycles. The Morgan fingerprint density at radius 3 is 2.86 bits per heavy atom. The zero-order valence-electron chi connectivity index (χ0n) is 7.23. The lowest BCUT2D eigenvalue weighted by atomic mass is 10.1. The van der Waals surface area contributed by atoms with Crippen LogP contribution in [0.1, 0.15) is 5.56 Å². The van der Waals surface area contributed by atoms with Crippen LogP contribution in [0.4, 0.5) is 0 Å². The van der Waals surface area contributed by atoms with Gasteiger partial charge in [-0.3, -0.25) is 4.79 Å². The maximum atomic E-state index is 10.5. The molecule has 0 aliphatic carbocycles. The predicted molar refractivity (Wildman–Crippen MR) is 49.2 cm³/mol. The number of hydrogen-bond donors (Lipinski definition) is 2. The van der Waals surface area contributed by atoms with Crippen LogP contribution in [0.2, 0.25) is 0 Å². The van der Waals surface area contributed by atoms with Gasteiger partial charge in [-0.25, -0.2) is 0 Å². The number of aliphatic carboxylic acids is 1. The molecule has 2 rings (SSSR count). The standard InChI is InChI=1S/C10H8O4/c11-9(12)5-6-1-2-8-7(10(6)13)3-4-14-8/h1-4,13H,5H2,(H,11,12). The van der Waals surface area contributed by atoms with Gasteiger partial charge in [0.05, 0.1) is 18.1 Å². The van der Waals surface area contributed by atoms with E-state index in [1.54, 1.807) is 18.2 Å². The van der Waals surface area contributed by atoms with Crippen molar-refractivity contribution in [3.05, 3.63) is 30.0 Å². The summed E-state index contributed by atoms with van der Waals surface area (Å²) in [6.07, 6.45) is 1.27. The first kappa shape index (κ1) is 8.62. The molecule has 0 amide bonds. The summed E-state index contributed by atoms with van der Waals surface area (Å²) in [5, 5.41) is 18.8. The molecule has 1 aromatic heterocycles. The first-order chi connectivity index (χ1) is 6.68. The molecular formula is C10H8O4. The Hall–Kier alpha value is -1.97. The van der Waals surface area contributed by atoms with E-state index in [0.29, 0.717) is 16.5 Å².